The number of carbonyl (C=O) groups excluding carboxylic acids is 4. The van der Waals surface area contributed by atoms with Crippen LogP contribution >= 0.6 is 0 Å². The molecule has 0 saturated heterocycles. The summed E-state index contributed by atoms with van der Waals surface area (Å²) in [5.74, 6) is 0. The van der Waals surface area contributed by atoms with Gasteiger partial charge in [-0.05, 0) is 0 Å². The molecule has 0 rings (SSSR count). The number of carbonyl (C=O) groups is 4. The van der Waals surface area contributed by atoms with Gasteiger partial charge in [-0.15, -0.1) is 0 Å². The second-order valence-corrected chi connectivity index (χ2v) is 0.385. The van der Waals surface area contributed by atoms with E-state index in [1.54, 1.807) is 0 Å². The van der Waals surface area contributed by atoms with Crippen LogP contribution in [0, 0.1) is 0 Å². The van der Waals surface area contributed by atoms with Crippen molar-refractivity contribution in [2.45, 2.75) is 0 Å². The Balaban J connectivity index is -0.0000000145. The van der Waals surface area contributed by atoms with Crippen molar-refractivity contribution in [3.63, 3.8) is 0 Å². The smallest absolute Gasteiger partial charge is 0.554 e. The van der Waals surface area contributed by atoms with Crippen LogP contribution in [0.1, 0.15) is 0 Å². The van der Waals surface area contributed by atoms with Gasteiger partial charge in [0.25, 0.3) is 0 Å². The quantitative estimate of drug-likeness (QED) is 0.296. The van der Waals surface area contributed by atoms with E-state index in [4.69, 9.17) is 39.6 Å². The predicted molar refractivity (Wildman–Crippen MR) is 30.0 cm³/mol. The number of hydrogen-bond donors (Lipinski definition) is 0. The van der Waals surface area contributed by atoms with Crippen LogP contribution in [0.25, 0.3) is 0 Å². The SMILES string of the molecule is O=C[O-].O=C[O-].O=C[O-].O=C[O-].[Ba+2].[Cu+2]. The van der Waals surface area contributed by atoms with Crippen molar-refractivity contribution in [2.24, 2.45) is 0 Å². The van der Waals surface area contributed by atoms with Crippen molar-refractivity contribution in [2.75, 3.05) is 0 Å². The first kappa shape index (κ1) is 37.0. The van der Waals surface area contributed by atoms with Gasteiger partial charge < -0.3 is 39.6 Å². The molecular formula is C4H4BaCuO8. The molecule has 0 aliphatic carbocycles. The molecular weight excluding hydrogens is 377 g/mol. The molecule has 0 aliphatic rings. The van der Waals surface area contributed by atoms with E-state index in [-0.39, 0.29) is 65.9 Å². The summed E-state index contributed by atoms with van der Waals surface area (Å²) < 4.78 is 0. The van der Waals surface area contributed by atoms with Crippen LogP contribution in [0.3, 0.4) is 0 Å². The Morgan fingerprint density at radius 2 is 0.571 bits per heavy atom. The third-order valence-corrected chi connectivity index (χ3v) is 0. The van der Waals surface area contributed by atoms with Gasteiger partial charge in [-0.2, -0.15) is 0 Å². The minimum Gasteiger partial charge on any atom is -0.554 e. The van der Waals surface area contributed by atoms with Crippen LogP contribution in [0.5, 0.6) is 0 Å². The molecule has 1 radical (unpaired) electrons. The van der Waals surface area contributed by atoms with Gasteiger partial charge in [-0.1, -0.05) is 0 Å². The van der Waals surface area contributed by atoms with Gasteiger partial charge in [0.05, 0.1) is 0 Å². The average molecular weight is 381 g/mol. The molecule has 0 saturated carbocycles. The van der Waals surface area contributed by atoms with Gasteiger partial charge in [-0.3, -0.25) is 0 Å². The van der Waals surface area contributed by atoms with Gasteiger partial charge in [-0.25, -0.2) is 0 Å². The number of rotatable bonds is 0. The molecule has 0 heterocycles. The van der Waals surface area contributed by atoms with Crippen molar-refractivity contribution >= 4 is 74.8 Å². The normalized spacial score (nSPS) is 3.43. The zero-order chi connectivity index (χ0) is 10.8. The molecule has 8 nitrogen and oxygen atoms in total. The molecule has 81 valence electrons. The van der Waals surface area contributed by atoms with E-state index < -0.39 is 25.9 Å². The Bertz CT molecular complexity index is 75.3. The molecule has 0 bridgehead atoms. The molecule has 0 amide bonds. The maximum absolute atomic E-state index is 8.25. The van der Waals surface area contributed by atoms with Crippen molar-refractivity contribution in [1.82, 2.24) is 0 Å². The van der Waals surface area contributed by atoms with Crippen molar-refractivity contribution < 1.29 is 56.7 Å². The van der Waals surface area contributed by atoms with Gasteiger partial charge in [0, 0.05) is 25.9 Å². The molecule has 0 fully saturated rings. The monoisotopic (exact) mass is 381 g/mol. The van der Waals surface area contributed by atoms with Crippen molar-refractivity contribution in [3.8, 4) is 0 Å². The summed E-state index contributed by atoms with van der Waals surface area (Å²) in [5, 5.41) is 33.0. The fraction of sp³-hybridized carbons (Fsp3) is 0. The van der Waals surface area contributed by atoms with E-state index in [1.807, 2.05) is 0 Å². The summed E-state index contributed by atoms with van der Waals surface area (Å²) in [4.78, 5) is 33.0. The van der Waals surface area contributed by atoms with Crippen LogP contribution in [-0.2, 0) is 36.2 Å². The molecule has 0 N–H and O–H groups in total. The van der Waals surface area contributed by atoms with Crippen molar-refractivity contribution in [1.29, 1.82) is 0 Å². The first-order chi connectivity index (χ1) is 5.66. The van der Waals surface area contributed by atoms with Gasteiger partial charge >= 0.3 is 65.9 Å². The number of carboxylic acid groups (broad SMARTS) is 4. The zero-order valence-corrected chi connectivity index (χ0v) is 12.0. The molecule has 0 atom stereocenters. The van der Waals surface area contributed by atoms with E-state index >= 15 is 0 Å². The third kappa shape index (κ3) is 1700000. The molecule has 0 aromatic carbocycles. The summed E-state index contributed by atoms with van der Waals surface area (Å²) in [6, 6.07) is 0. The van der Waals surface area contributed by atoms with Crippen LogP contribution < -0.4 is 20.4 Å². The summed E-state index contributed by atoms with van der Waals surface area (Å²) in [6.45, 7) is -2.00. The minimum atomic E-state index is -0.500. The second kappa shape index (κ2) is 118. The van der Waals surface area contributed by atoms with Gasteiger partial charge in [0.15, 0.2) is 0 Å². The summed E-state index contributed by atoms with van der Waals surface area (Å²) >= 11 is 0. The average Bonchev–Trinajstić information content (AvgIpc) is 1.92. The first-order valence-corrected chi connectivity index (χ1v) is 1.89. The van der Waals surface area contributed by atoms with Crippen LogP contribution in [0.2, 0.25) is 0 Å². The Labute approximate surface area is 130 Å². The van der Waals surface area contributed by atoms with E-state index in [1.165, 1.54) is 0 Å². The second-order valence-electron chi connectivity index (χ2n) is 0.385. The van der Waals surface area contributed by atoms with Crippen molar-refractivity contribution in [3.05, 3.63) is 0 Å². The Morgan fingerprint density at radius 3 is 0.571 bits per heavy atom. The van der Waals surface area contributed by atoms with Crippen LogP contribution in [0.15, 0.2) is 0 Å². The maximum atomic E-state index is 8.25. The Kier molecular flexibility index (Phi) is 312. The summed E-state index contributed by atoms with van der Waals surface area (Å²) in [7, 11) is 0. The fourth-order valence-corrected chi connectivity index (χ4v) is 0. The minimum absolute atomic E-state index is 0. The Hall–Kier alpha value is -0.0291. The molecule has 0 spiro atoms. The van der Waals surface area contributed by atoms with E-state index in [9.17, 15) is 0 Å². The standard InChI is InChI=1S/4CH2O2.Ba.Cu/c4*2-1-3;;/h4*1H,(H,2,3);;/q;;;;2*+2/p-4. The van der Waals surface area contributed by atoms with Gasteiger partial charge in [0.2, 0.25) is 0 Å². The molecule has 14 heavy (non-hydrogen) atoms. The fourth-order valence-electron chi connectivity index (χ4n) is 0. The number of hydrogen-bond acceptors (Lipinski definition) is 8. The van der Waals surface area contributed by atoms with Crippen LogP contribution in [0.4, 0.5) is 0 Å². The maximum Gasteiger partial charge on any atom is 2.00 e. The van der Waals surface area contributed by atoms with Gasteiger partial charge in [0.1, 0.15) is 0 Å². The molecule has 10 heteroatoms. The molecule has 0 unspecified atom stereocenters. The van der Waals surface area contributed by atoms with E-state index in [0.29, 0.717) is 0 Å². The first-order valence-electron chi connectivity index (χ1n) is 1.89. The summed E-state index contributed by atoms with van der Waals surface area (Å²) in [5.41, 5.74) is 0. The van der Waals surface area contributed by atoms with Crippen LogP contribution in [-0.4, -0.2) is 74.8 Å². The molecule has 0 aliphatic heterocycles. The molecule has 0 aromatic heterocycles. The predicted octanol–water partition coefficient (Wildman–Crippen LogP) is -6.92. The molecule has 0 aromatic rings. The summed E-state index contributed by atoms with van der Waals surface area (Å²) in [6.07, 6.45) is 0. The topological polar surface area (TPSA) is 161 Å². The Morgan fingerprint density at radius 1 is 0.571 bits per heavy atom. The largest absolute Gasteiger partial charge is 2.00 e. The zero-order valence-electron chi connectivity index (χ0n) is 6.58. The third-order valence-electron chi connectivity index (χ3n) is 0. The van der Waals surface area contributed by atoms with E-state index in [0.717, 1.165) is 0 Å². The van der Waals surface area contributed by atoms with E-state index in [2.05, 4.69) is 0 Å².